The van der Waals surface area contributed by atoms with Crippen LogP contribution in [0.2, 0.25) is 0 Å². The van der Waals surface area contributed by atoms with Crippen LogP contribution in [0.4, 0.5) is 0 Å². The molecule has 1 heterocycles. The molecule has 0 fully saturated rings. The molecular weight excluding hydrogens is 350 g/mol. The van der Waals surface area contributed by atoms with Crippen LogP contribution in [0.15, 0.2) is 93.2 Å². The maximum atomic E-state index is 4.08. The molecule has 0 atom stereocenters. The summed E-state index contributed by atoms with van der Waals surface area (Å²) in [4.78, 5) is 4.08. The lowest BCUT2D eigenvalue weighted by molar-refractivity contribution is 1.13. The summed E-state index contributed by atoms with van der Waals surface area (Å²) in [6, 6.07) is 20.3. The summed E-state index contributed by atoms with van der Waals surface area (Å²) in [6.45, 7) is 18.9. The minimum atomic E-state index is 1.04. The molecule has 0 amide bonds. The van der Waals surface area contributed by atoms with Gasteiger partial charge in [0.2, 0.25) is 0 Å². The molecule has 0 aliphatic carbocycles. The summed E-state index contributed by atoms with van der Waals surface area (Å²) >= 11 is 0. The Kier molecular flexibility index (Phi) is 11.1. The van der Waals surface area contributed by atoms with Gasteiger partial charge in [0.05, 0.1) is 0 Å². The molecule has 2 aromatic carbocycles. The fraction of sp³-hybridized carbons (Fsp3) is 0.107. The Balaban J connectivity index is 0.000000218. The average Bonchev–Trinajstić information content (AvgIpc) is 2.80. The van der Waals surface area contributed by atoms with E-state index in [1.54, 1.807) is 6.08 Å². The molecule has 0 bridgehead atoms. The number of hydrogen-bond donors (Lipinski definition) is 0. The third-order valence-electron chi connectivity index (χ3n) is 4.26. The molecule has 0 unspecified atom stereocenters. The van der Waals surface area contributed by atoms with Gasteiger partial charge in [0, 0.05) is 11.9 Å². The third kappa shape index (κ3) is 8.40. The van der Waals surface area contributed by atoms with Crippen molar-refractivity contribution in [2.24, 2.45) is 0 Å². The van der Waals surface area contributed by atoms with Gasteiger partial charge in [-0.05, 0) is 47.2 Å². The highest BCUT2D eigenvalue weighted by atomic mass is 14.6. The van der Waals surface area contributed by atoms with E-state index >= 15 is 0 Å². The fourth-order valence-electron chi connectivity index (χ4n) is 2.54. The molecular formula is C28H31N. The molecule has 29 heavy (non-hydrogen) atoms. The van der Waals surface area contributed by atoms with Crippen molar-refractivity contribution in [1.29, 1.82) is 0 Å². The van der Waals surface area contributed by atoms with Crippen molar-refractivity contribution in [3.05, 3.63) is 127 Å². The summed E-state index contributed by atoms with van der Waals surface area (Å²) in [5.74, 6) is 0. The largest absolute Gasteiger partial charge is 0.261 e. The van der Waals surface area contributed by atoms with Gasteiger partial charge in [0.15, 0.2) is 0 Å². The van der Waals surface area contributed by atoms with Crippen LogP contribution in [0.1, 0.15) is 40.4 Å². The van der Waals surface area contributed by atoms with Gasteiger partial charge >= 0.3 is 0 Å². The number of pyridine rings is 1. The molecule has 1 nitrogen and oxygen atoms in total. The zero-order chi connectivity index (χ0) is 21.5. The number of rotatable bonds is 5. The first kappa shape index (κ1) is 23.6. The first-order valence-electron chi connectivity index (χ1n) is 9.68. The fourth-order valence-corrected chi connectivity index (χ4v) is 2.54. The Morgan fingerprint density at radius 2 is 1.21 bits per heavy atom. The highest BCUT2D eigenvalue weighted by Crippen LogP contribution is 2.10. The van der Waals surface area contributed by atoms with E-state index < -0.39 is 0 Å². The maximum Gasteiger partial charge on any atom is 0.0373 e. The normalized spacial score (nSPS) is 9.03. The van der Waals surface area contributed by atoms with Gasteiger partial charge in [-0.2, -0.15) is 0 Å². The van der Waals surface area contributed by atoms with Gasteiger partial charge in [0.25, 0.3) is 0 Å². The van der Waals surface area contributed by atoms with Gasteiger partial charge < -0.3 is 0 Å². The Hall–Kier alpha value is -3.45. The lowest BCUT2D eigenvalue weighted by atomic mass is 10.1. The Labute approximate surface area is 176 Å². The summed E-state index contributed by atoms with van der Waals surface area (Å²) in [6.07, 6.45) is 10.2. The minimum Gasteiger partial charge on any atom is -0.261 e. The van der Waals surface area contributed by atoms with Crippen molar-refractivity contribution in [1.82, 2.24) is 4.98 Å². The molecule has 1 aromatic heterocycles. The van der Waals surface area contributed by atoms with Crippen LogP contribution in [0.25, 0.3) is 24.3 Å². The predicted octanol–water partition coefficient (Wildman–Crippen LogP) is 7.90. The third-order valence-corrected chi connectivity index (χ3v) is 4.26. The molecule has 3 rings (SSSR count). The van der Waals surface area contributed by atoms with Crippen LogP contribution in [0, 0.1) is 6.92 Å². The number of aryl methyl sites for hydroxylation is 2. The topological polar surface area (TPSA) is 12.9 Å². The molecule has 0 spiro atoms. The smallest absolute Gasteiger partial charge is 0.0373 e. The van der Waals surface area contributed by atoms with E-state index in [0.717, 1.165) is 28.8 Å². The predicted molar refractivity (Wildman–Crippen MR) is 132 cm³/mol. The van der Waals surface area contributed by atoms with Crippen LogP contribution < -0.4 is 0 Å². The van der Waals surface area contributed by atoms with Crippen LogP contribution in [-0.2, 0) is 6.42 Å². The van der Waals surface area contributed by atoms with Crippen LogP contribution in [0.5, 0.6) is 0 Å². The van der Waals surface area contributed by atoms with E-state index in [-0.39, 0.29) is 0 Å². The highest BCUT2D eigenvalue weighted by molar-refractivity contribution is 5.63. The van der Waals surface area contributed by atoms with Gasteiger partial charge in [-0.3, -0.25) is 4.98 Å². The van der Waals surface area contributed by atoms with E-state index in [1.165, 1.54) is 11.1 Å². The van der Waals surface area contributed by atoms with E-state index in [1.807, 2.05) is 73.8 Å². The van der Waals surface area contributed by atoms with Gasteiger partial charge in [0.1, 0.15) is 0 Å². The second kappa shape index (κ2) is 13.7. The number of aromatic nitrogens is 1. The molecule has 148 valence electrons. The first-order chi connectivity index (χ1) is 14.1. The van der Waals surface area contributed by atoms with Crippen LogP contribution in [0.3, 0.4) is 0 Å². The molecule has 0 saturated carbocycles. The molecule has 1 heteroatoms. The minimum absolute atomic E-state index is 1.04. The molecule has 0 aliphatic rings. The number of nitrogens with zero attached hydrogens (tertiary/aromatic N) is 1. The molecule has 0 aliphatic heterocycles. The quantitative estimate of drug-likeness (QED) is 0.438. The molecule has 0 N–H and O–H groups in total. The zero-order valence-corrected chi connectivity index (χ0v) is 17.6. The molecule has 0 radical (unpaired) electrons. The van der Waals surface area contributed by atoms with Crippen molar-refractivity contribution in [3.63, 3.8) is 0 Å². The second-order valence-electron chi connectivity index (χ2n) is 6.23. The average molecular weight is 382 g/mol. The monoisotopic (exact) mass is 381 g/mol. The lowest BCUT2D eigenvalue weighted by Crippen LogP contribution is -1.83. The van der Waals surface area contributed by atoms with Crippen molar-refractivity contribution >= 4 is 24.3 Å². The van der Waals surface area contributed by atoms with E-state index in [9.17, 15) is 0 Å². The SMILES string of the molecule is C=Cc1ccc(C)nc1.C=Cc1ccccc1C=C.C=Cc1ccccc1CC. The number of benzene rings is 2. The van der Waals surface area contributed by atoms with E-state index in [0.29, 0.717) is 0 Å². The van der Waals surface area contributed by atoms with E-state index in [2.05, 4.69) is 56.4 Å². The van der Waals surface area contributed by atoms with Crippen molar-refractivity contribution in [3.8, 4) is 0 Å². The van der Waals surface area contributed by atoms with Crippen molar-refractivity contribution < 1.29 is 0 Å². The Morgan fingerprint density at radius 1 is 0.690 bits per heavy atom. The Morgan fingerprint density at radius 3 is 1.59 bits per heavy atom. The van der Waals surface area contributed by atoms with Gasteiger partial charge in [-0.15, -0.1) is 0 Å². The molecule has 3 aromatic rings. The van der Waals surface area contributed by atoms with Gasteiger partial charge in [-0.1, -0.05) is 112 Å². The summed E-state index contributed by atoms with van der Waals surface area (Å²) < 4.78 is 0. The van der Waals surface area contributed by atoms with E-state index in [4.69, 9.17) is 0 Å². The molecule has 0 saturated heterocycles. The standard InChI is InChI=1S/C10H12.C10H10.C8H9N/c2*1-3-9-7-5-6-8-10(9)4-2;1-3-8-5-4-7(2)9-6-8/h3,5-8H,1,4H2,2H3;3-8H,1-2H2;3-6H,1H2,2H3. The summed E-state index contributed by atoms with van der Waals surface area (Å²) in [5.41, 5.74) is 7.01. The van der Waals surface area contributed by atoms with Crippen LogP contribution in [-0.4, -0.2) is 4.98 Å². The lowest BCUT2D eigenvalue weighted by Gasteiger charge is -1.99. The van der Waals surface area contributed by atoms with Gasteiger partial charge in [-0.25, -0.2) is 0 Å². The maximum absolute atomic E-state index is 4.08. The number of hydrogen-bond acceptors (Lipinski definition) is 1. The first-order valence-corrected chi connectivity index (χ1v) is 9.68. The zero-order valence-electron chi connectivity index (χ0n) is 17.6. The Bertz CT molecular complexity index is 890. The second-order valence-corrected chi connectivity index (χ2v) is 6.23. The summed E-state index contributed by atoms with van der Waals surface area (Å²) in [5, 5.41) is 0. The van der Waals surface area contributed by atoms with Crippen molar-refractivity contribution in [2.75, 3.05) is 0 Å². The summed E-state index contributed by atoms with van der Waals surface area (Å²) in [7, 11) is 0. The van der Waals surface area contributed by atoms with Crippen molar-refractivity contribution in [2.45, 2.75) is 20.3 Å². The highest BCUT2D eigenvalue weighted by Gasteiger charge is 1.92. The van der Waals surface area contributed by atoms with Crippen LogP contribution >= 0.6 is 0 Å².